The monoisotopic (exact) mass is 368 g/mol. The quantitative estimate of drug-likeness (QED) is 0.413. The number of hydrogen-bond donors (Lipinski definition) is 3. The minimum Gasteiger partial charge on any atom is -0.492 e. The largest absolute Gasteiger partial charge is 0.492 e. The molecule has 3 aliphatic heterocycles. The third kappa shape index (κ3) is 4.09. The molecule has 0 unspecified atom stereocenters. The van der Waals surface area contributed by atoms with Crippen LogP contribution in [0.3, 0.4) is 0 Å². The molecular weight excluding hydrogens is 344 g/mol. The summed E-state index contributed by atoms with van der Waals surface area (Å²) in [5, 5.41) is 12.6. The second kappa shape index (κ2) is 8.19. The summed E-state index contributed by atoms with van der Waals surface area (Å²) in [6.45, 7) is 5.00. The van der Waals surface area contributed by atoms with Crippen molar-refractivity contribution in [2.75, 3.05) is 45.9 Å². The molecule has 0 spiro atoms. The Hall–Kier alpha value is -2.91. The van der Waals surface area contributed by atoms with Gasteiger partial charge in [-0.3, -0.25) is 14.9 Å². The van der Waals surface area contributed by atoms with E-state index in [0.717, 1.165) is 49.1 Å². The highest BCUT2D eigenvalue weighted by molar-refractivity contribution is 5.96. The van der Waals surface area contributed by atoms with Crippen molar-refractivity contribution in [3.63, 3.8) is 0 Å². The summed E-state index contributed by atoms with van der Waals surface area (Å²) in [4.78, 5) is 6.97. The molecule has 9 nitrogen and oxygen atoms in total. The van der Waals surface area contributed by atoms with Crippen LogP contribution in [0.5, 0.6) is 5.75 Å². The van der Waals surface area contributed by atoms with Gasteiger partial charge in [0.2, 0.25) is 0 Å². The standard InChI is InChI=1S/C18H24N8O/c19-24-21-6-9-25-8-5-20-17-4-7-26-18(23-17)16(13-22-26)14-2-1-3-15(12-14)27-11-10-25/h1-4,7,12,22H,5-6,8-11,13H2,(H2,19,21)(H,20,23). The van der Waals surface area contributed by atoms with Crippen LogP contribution >= 0.6 is 0 Å². The van der Waals surface area contributed by atoms with E-state index in [1.165, 1.54) is 5.57 Å². The maximum absolute atomic E-state index is 5.99. The number of hydrazine groups is 1. The molecule has 0 aromatic heterocycles. The Morgan fingerprint density at radius 1 is 1.30 bits per heavy atom. The van der Waals surface area contributed by atoms with E-state index in [1.807, 2.05) is 29.4 Å². The van der Waals surface area contributed by atoms with Crippen molar-refractivity contribution in [2.24, 2.45) is 21.2 Å². The molecule has 3 aliphatic rings. The third-order valence-electron chi connectivity index (χ3n) is 4.74. The van der Waals surface area contributed by atoms with Gasteiger partial charge in [-0.1, -0.05) is 17.4 Å². The normalized spacial score (nSPS) is 20.3. The van der Waals surface area contributed by atoms with Gasteiger partial charge >= 0.3 is 0 Å². The fourth-order valence-corrected chi connectivity index (χ4v) is 3.33. The second-order valence-corrected chi connectivity index (χ2v) is 6.44. The van der Waals surface area contributed by atoms with E-state index in [1.54, 1.807) is 0 Å². The lowest BCUT2D eigenvalue weighted by molar-refractivity contribution is 0.216. The van der Waals surface area contributed by atoms with E-state index < -0.39 is 0 Å². The average Bonchev–Trinajstić information content (AvgIpc) is 3.11. The third-order valence-corrected chi connectivity index (χ3v) is 4.74. The first-order valence-electron chi connectivity index (χ1n) is 9.11. The van der Waals surface area contributed by atoms with Gasteiger partial charge in [0.15, 0.2) is 0 Å². The second-order valence-electron chi connectivity index (χ2n) is 6.44. The SMILES string of the molecule is NN=NCCN1CCN=C2C=CN3NCC(=C3N2)c2cccc(c2)OCC1. The Kier molecular flexibility index (Phi) is 5.31. The van der Waals surface area contributed by atoms with Crippen molar-refractivity contribution in [1.82, 2.24) is 20.7 Å². The maximum atomic E-state index is 5.99. The number of hydrogen-bond acceptors (Lipinski definition) is 8. The van der Waals surface area contributed by atoms with Gasteiger partial charge in [0.05, 0.1) is 13.1 Å². The van der Waals surface area contributed by atoms with Crippen molar-refractivity contribution >= 4 is 11.4 Å². The lowest BCUT2D eigenvalue weighted by Gasteiger charge is -2.25. The predicted octanol–water partition coefficient (Wildman–Crippen LogP) is 0.711. The van der Waals surface area contributed by atoms with Crippen molar-refractivity contribution in [3.8, 4) is 5.75 Å². The van der Waals surface area contributed by atoms with Crippen LogP contribution in [0, 0.1) is 0 Å². The van der Waals surface area contributed by atoms with Gasteiger partial charge in [0.1, 0.15) is 24.0 Å². The topological polar surface area (TPSA) is 103 Å². The van der Waals surface area contributed by atoms with Gasteiger partial charge in [0.25, 0.3) is 0 Å². The van der Waals surface area contributed by atoms with Gasteiger partial charge < -0.3 is 15.9 Å². The zero-order chi connectivity index (χ0) is 18.5. The molecular formula is C18H24N8O. The zero-order valence-electron chi connectivity index (χ0n) is 15.1. The van der Waals surface area contributed by atoms with E-state index in [-0.39, 0.29) is 0 Å². The molecule has 4 N–H and O–H groups in total. The molecule has 0 aliphatic carbocycles. The van der Waals surface area contributed by atoms with Gasteiger partial charge in [-0.25, -0.2) is 5.43 Å². The predicted molar refractivity (Wildman–Crippen MR) is 104 cm³/mol. The molecule has 1 aromatic carbocycles. The number of amidine groups is 1. The number of fused-ring (bicyclic) bond motifs is 4. The van der Waals surface area contributed by atoms with Gasteiger partial charge in [0, 0.05) is 38.0 Å². The van der Waals surface area contributed by atoms with Gasteiger partial charge in [-0.2, -0.15) is 5.11 Å². The zero-order valence-corrected chi connectivity index (χ0v) is 15.1. The van der Waals surface area contributed by atoms with Gasteiger partial charge in [-0.05, 0) is 23.8 Å². The minimum atomic E-state index is 0.567. The molecule has 3 heterocycles. The summed E-state index contributed by atoms with van der Waals surface area (Å²) in [6.07, 6.45) is 3.99. The van der Waals surface area contributed by atoms with Crippen LogP contribution in [0.1, 0.15) is 5.56 Å². The molecule has 1 aromatic rings. The highest BCUT2D eigenvalue weighted by Crippen LogP contribution is 2.27. The number of benzene rings is 1. The lowest BCUT2D eigenvalue weighted by atomic mass is 10.1. The fourth-order valence-electron chi connectivity index (χ4n) is 3.33. The summed E-state index contributed by atoms with van der Waals surface area (Å²) in [7, 11) is 0. The first kappa shape index (κ1) is 17.5. The number of aliphatic imine (C=N–C) groups is 1. The van der Waals surface area contributed by atoms with Crippen LogP contribution in [-0.2, 0) is 0 Å². The summed E-state index contributed by atoms with van der Waals surface area (Å²) in [5.74, 6) is 7.86. The molecule has 0 saturated heterocycles. The highest BCUT2D eigenvalue weighted by atomic mass is 16.5. The van der Waals surface area contributed by atoms with Crippen LogP contribution in [0.2, 0.25) is 0 Å². The fraction of sp³-hybridized carbons (Fsp3) is 0.389. The summed E-state index contributed by atoms with van der Waals surface area (Å²) < 4.78 is 5.99. The number of ether oxygens (including phenoxy) is 1. The molecule has 0 fully saturated rings. The molecule has 0 atom stereocenters. The smallest absolute Gasteiger partial charge is 0.131 e. The molecule has 0 radical (unpaired) electrons. The number of rotatable bonds is 3. The van der Waals surface area contributed by atoms with E-state index in [9.17, 15) is 0 Å². The van der Waals surface area contributed by atoms with Crippen LogP contribution < -0.4 is 21.3 Å². The first-order valence-corrected chi connectivity index (χ1v) is 9.11. The molecule has 27 heavy (non-hydrogen) atoms. The number of nitrogens with two attached hydrogens (primary N) is 1. The highest BCUT2D eigenvalue weighted by Gasteiger charge is 2.25. The summed E-state index contributed by atoms with van der Waals surface area (Å²) >= 11 is 0. The summed E-state index contributed by atoms with van der Waals surface area (Å²) in [6, 6.07) is 8.21. The molecule has 9 heteroatoms. The van der Waals surface area contributed by atoms with Crippen molar-refractivity contribution in [2.45, 2.75) is 0 Å². The summed E-state index contributed by atoms with van der Waals surface area (Å²) in [5.41, 5.74) is 5.69. The molecule has 0 saturated carbocycles. The first-order chi connectivity index (χ1) is 13.3. The Bertz CT molecular complexity index is 800. The molecule has 0 amide bonds. The van der Waals surface area contributed by atoms with E-state index in [0.29, 0.717) is 19.7 Å². The van der Waals surface area contributed by atoms with E-state index >= 15 is 0 Å². The lowest BCUT2D eigenvalue weighted by Crippen LogP contribution is -2.39. The number of nitrogens with zero attached hydrogens (tertiary/aromatic N) is 5. The number of nitrogens with one attached hydrogen (secondary N) is 2. The minimum absolute atomic E-state index is 0.567. The van der Waals surface area contributed by atoms with Crippen molar-refractivity contribution in [3.05, 3.63) is 47.9 Å². The van der Waals surface area contributed by atoms with Crippen LogP contribution in [0.4, 0.5) is 0 Å². The van der Waals surface area contributed by atoms with Crippen LogP contribution in [0.25, 0.3) is 5.57 Å². The Labute approximate surface area is 158 Å². The molecule has 4 rings (SSSR count). The Balaban J connectivity index is 1.60. The Morgan fingerprint density at radius 3 is 3.19 bits per heavy atom. The van der Waals surface area contributed by atoms with Gasteiger partial charge in [-0.15, -0.1) is 0 Å². The maximum Gasteiger partial charge on any atom is 0.131 e. The Morgan fingerprint density at radius 2 is 2.26 bits per heavy atom. The molecule has 4 bridgehead atoms. The van der Waals surface area contributed by atoms with Crippen LogP contribution in [-0.4, -0.2) is 61.6 Å². The van der Waals surface area contributed by atoms with E-state index in [4.69, 9.17) is 15.6 Å². The van der Waals surface area contributed by atoms with Crippen molar-refractivity contribution < 1.29 is 4.74 Å². The van der Waals surface area contributed by atoms with E-state index in [2.05, 4.69) is 38.1 Å². The van der Waals surface area contributed by atoms with Crippen LogP contribution in [0.15, 0.2) is 57.7 Å². The molecule has 142 valence electrons. The van der Waals surface area contributed by atoms with Crippen molar-refractivity contribution in [1.29, 1.82) is 0 Å². The average molecular weight is 368 g/mol.